The predicted octanol–water partition coefficient (Wildman–Crippen LogP) is 2.52. The van der Waals surface area contributed by atoms with Gasteiger partial charge < -0.3 is 14.5 Å². The summed E-state index contributed by atoms with van der Waals surface area (Å²) < 4.78 is 5.28. The highest BCUT2D eigenvalue weighted by atomic mass is 16.5. The molecular formula is C18H18N2O4. The molecule has 2 aromatic rings. The van der Waals surface area contributed by atoms with E-state index in [1.807, 2.05) is 30.3 Å². The van der Waals surface area contributed by atoms with E-state index in [0.717, 1.165) is 18.4 Å². The minimum absolute atomic E-state index is 0.0620. The lowest BCUT2D eigenvalue weighted by Crippen LogP contribution is -2.30. The van der Waals surface area contributed by atoms with Gasteiger partial charge in [0.05, 0.1) is 5.92 Å². The number of amides is 1. The molecule has 2 atom stereocenters. The van der Waals surface area contributed by atoms with Crippen molar-refractivity contribution >= 4 is 11.9 Å². The smallest absolute Gasteiger partial charge is 0.308 e. The van der Waals surface area contributed by atoms with Gasteiger partial charge >= 0.3 is 5.97 Å². The number of hydrogen-bond acceptors (Lipinski definition) is 4. The molecule has 124 valence electrons. The number of benzene rings is 1. The van der Waals surface area contributed by atoms with E-state index >= 15 is 0 Å². The first-order valence-electron chi connectivity index (χ1n) is 8.17. The van der Waals surface area contributed by atoms with E-state index in [-0.39, 0.29) is 24.1 Å². The lowest BCUT2D eigenvalue weighted by molar-refractivity contribution is -0.142. The van der Waals surface area contributed by atoms with Gasteiger partial charge in [-0.1, -0.05) is 35.5 Å². The normalized spacial score (nSPS) is 23.4. The second kappa shape index (κ2) is 5.78. The Morgan fingerprint density at radius 1 is 1.17 bits per heavy atom. The number of aliphatic carboxylic acids is 1. The number of aromatic nitrogens is 1. The molecule has 0 unspecified atom stereocenters. The second-order valence-electron chi connectivity index (χ2n) is 6.60. The topological polar surface area (TPSA) is 83.6 Å². The van der Waals surface area contributed by atoms with Gasteiger partial charge in [-0.15, -0.1) is 0 Å². The number of nitrogens with zero attached hydrogens (tertiary/aromatic N) is 2. The first kappa shape index (κ1) is 14.9. The van der Waals surface area contributed by atoms with Gasteiger partial charge in [-0.25, -0.2) is 0 Å². The standard InChI is InChI=1S/C18H18N2O4/c21-17(15-8-16(24-19-15)12-4-2-1-3-5-12)20-9-13(11-6-7-11)14(10-20)18(22)23/h1-5,8,11,13-14H,6-7,9-10H2,(H,22,23)/t13-,14+/m1/s1. The third-order valence-electron chi connectivity index (χ3n) is 4.98. The monoisotopic (exact) mass is 326 g/mol. The molecule has 1 saturated carbocycles. The van der Waals surface area contributed by atoms with E-state index in [1.165, 1.54) is 0 Å². The summed E-state index contributed by atoms with van der Waals surface area (Å²) in [5.74, 6) is -0.496. The minimum Gasteiger partial charge on any atom is -0.481 e. The van der Waals surface area contributed by atoms with E-state index in [9.17, 15) is 14.7 Å². The zero-order chi connectivity index (χ0) is 16.7. The third-order valence-corrected chi connectivity index (χ3v) is 4.98. The maximum Gasteiger partial charge on any atom is 0.308 e. The van der Waals surface area contributed by atoms with Gasteiger partial charge in [0.2, 0.25) is 0 Å². The highest BCUT2D eigenvalue weighted by molar-refractivity contribution is 5.93. The van der Waals surface area contributed by atoms with Crippen molar-refractivity contribution in [1.29, 1.82) is 0 Å². The SMILES string of the molecule is O=C(O)[C@H]1CN(C(=O)c2cc(-c3ccccc3)on2)C[C@@H]1C1CC1. The number of carboxylic acid groups (broad SMARTS) is 1. The Bertz CT molecular complexity index is 766. The average Bonchev–Trinajstić information content (AvgIpc) is 3.15. The van der Waals surface area contributed by atoms with Crippen LogP contribution < -0.4 is 0 Å². The van der Waals surface area contributed by atoms with Crippen molar-refractivity contribution in [3.63, 3.8) is 0 Å². The number of rotatable bonds is 4. The van der Waals surface area contributed by atoms with Crippen molar-refractivity contribution in [3.05, 3.63) is 42.1 Å². The van der Waals surface area contributed by atoms with E-state index in [1.54, 1.807) is 11.0 Å². The van der Waals surface area contributed by atoms with Gasteiger partial charge in [0.1, 0.15) is 0 Å². The summed E-state index contributed by atoms with van der Waals surface area (Å²) in [4.78, 5) is 25.7. The Kier molecular flexibility index (Phi) is 3.59. The van der Waals surface area contributed by atoms with Crippen LogP contribution in [0.15, 0.2) is 40.9 Å². The number of likely N-dealkylation sites (tertiary alicyclic amines) is 1. The summed E-state index contributed by atoms with van der Waals surface area (Å²) in [5.41, 5.74) is 1.08. The van der Waals surface area contributed by atoms with Gasteiger partial charge in [-0.3, -0.25) is 9.59 Å². The molecule has 1 N–H and O–H groups in total. The number of carbonyl (C=O) groups excluding carboxylic acids is 1. The van der Waals surface area contributed by atoms with Gasteiger partial charge in [0.25, 0.3) is 5.91 Å². The molecular weight excluding hydrogens is 308 g/mol. The first-order chi connectivity index (χ1) is 11.6. The molecule has 0 spiro atoms. The van der Waals surface area contributed by atoms with Crippen molar-refractivity contribution in [1.82, 2.24) is 10.1 Å². The maximum atomic E-state index is 12.7. The van der Waals surface area contributed by atoms with Crippen molar-refractivity contribution in [2.24, 2.45) is 17.8 Å². The predicted molar refractivity (Wildman–Crippen MR) is 85.2 cm³/mol. The second-order valence-corrected chi connectivity index (χ2v) is 6.60. The summed E-state index contributed by atoms with van der Waals surface area (Å²) >= 11 is 0. The number of carboxylic acids is 1. The lowest BCUT2D eigenvalue weighted by Gasteiger charge is -2.14. The van der Waals surface area contributed by atoms with Gasteiger partial charge in [0, 0.05) is 24.7 Å². The molecule has 1 aromatic heterocycles. The Morgan fingerprint density at radius 2 is 1.92 bits per heavy atom. The fraction of sp³-hybridized carbons (Fsp3) is 0.389. The molecule has 1 saturated heterocycles. The quantitative estimate of drug-likeness (QED) is 0.933. The largest absolute Gasteiger partial charge is 0.481 e. The summed E-state index contributed by atoms with van der Waals surface area (Å²) in [6.07, 6.45) is 2.14. The van der Waals surface area contributed by atoms with Crippen LogP contribution in [0.3, 0.4) is 0 Å². The third kappa shape index (κ3) is 2.68. The zero-order valence-corrected chi connectivity index (χ0v) is 13.1. The zero-order valence-electron chi connectivity index (χ0n) is 13.1. The minimum atomic E-state index is -0.813. The molecule has 2 aliphatic rings. The Labute approximate surface area is 139 Å². The van der Waals surface area contributed by atoms with Crippen molar-refractivity contribution < 1.29 is 19.2 Å². The van der Waals surface area contributed by atoms with Crippen molar-refractivity contribution in [3.8, 4) is 11.3 Å². The van der Waals surface area contributed by atoms with E-state index in [0.29, 0.717) is 18.2 Å². The number of carbonyl (C=O) groups is 2. The molecule has 2 fully saturated rings. The molecule has 0 bridgehead atoms. The molecule has 0 radical (unpaired) electrons. The Morgan fingerprint density at radius 3 is 2.58 bits per heavy atom. The van der Waals surface area contributed by atoms with Gasteiger partial charge in [-0.05, 0) is 24.7 Å². The lowest BCUT2D eigenvalue weighted by atomic mass is 9.92. The molecule has 1 amide bonds. The van der Waals surface area contributed by atoms with Gasteiger partial charge in [0.15, 0.2) is 11.5 Å². The van der Waals surface area contributed by atoms with Crippen LogP contribution >= 0.6 is 0 Å². The molecule has 1 aliphatic carbocycles. The molecule has 4 rings (SSSR count). The van der Waals surface area contributed by atoms with Crippen LogP contribution in [0, 0.1) is 17.8 Å². The van der Waals surface area contributed by atoms with Gasteiger partial charge in [-0.2, -0.15) is 0 Å². The van der Waals surface area contributed by atoms with Crippen molar-refractivity contribution in [2.45, 2.75) is 12.8 Å². The van der Waals surface area contributed by atoms with Crippen LogP contribution in [-0.4, -0.2) is 40.1 Å². The van der Waals surface area contributed by atoms with Crippen LogP contribution in [0.25, 0.3) is 11.3 Å². The van der Waals surface area contributed by atoms with E-state index in [4.69, 9.17) is 4.52 Å². The summed E-state index contributed by atoms with van der Waals surface area (Å²) in [7, 11) is 0. The molecule has 6 heteroatoms. The Balaban J connectivity index is 1.52. The molecule has 24 heavy (non-hydrogen) atoms. The molecule has 1 aromatic carbocycles. The summed E-state index contributed by atoms with van der Waals surface area (Å²) in [5, 5.41) is 13.3. The highest BCUT2D eigenvalue weighted by Crippen LogP contribution is 2.44. The highest BCUT2D eigenvalue weighted by Gasteiger charge is 2.47. The van der Waals surface area contributed by atoms with E-state index in [2.05, 4.69) is 5.16 Å². The maximum absolute atomic E-state index is 12.7. The fourth-order valence-electron chi connectivity index (χ4n) is 3.53. The van der Waals surface area contributed by atoms with Crippen LogP contribution in [0.2, 0.25) is 0 Å². The molecule has 2 heterocycles. The van der Waals surface area contributed by atoms with Crippen LogP contribution in [0.1, 0.15) is 23.3 Å². The summed E-state index contributed by atoms with van der Waals surface area (Å²) in [6.45, 7) is 0.747. The first-order valence-corrected chi connectivity index (χ1v) is 8.17. The van der Waals surface area contributed by atoms with Crippen LogP contribution in [0.4, 0.5) is 0 Å². The molecule has 1 aliphatic heterocycles. The average molecular weight is 326 g/mol. The summed E-state index contributed by atoms with van der Waals surface area (Å²) in [6, 6.07) is 11.1. The fourth-order valence-corrected chi connectivity index (χ4v) is 3.53. The van der Waals surface area contributed by atoms with Crippen LogP contribution in [-0.2, 0) is 4.79 Å². The molecule has 6 nitrogen and oxygen atoms in total. The van der Waals surface area contributed by atoms with Crippen molar-refractivity contribution in [2.75, 3.05) is 13.1 Å². The number of hydrogen-bond donors (Lipinski definition) is 1. The van der Waals surface area contributed by atoms with Crippen LogP contribution in [0.5, 0.6) is 0 Å². The van der Waals surface area contributed by atoms with E-state index < -0.39 is 11.9 Å². The Hall–Kier alpha value is -2.63.